The predicted molar refractivity (Wildman–Crippen MR) is 66.4 cm³/mol. The molecule has 2 fully saturated rings. The molecule has 2 atom stereocenters. The number of hydrogen-bond acceptors (Lipinski definition) is 3. The Labute approximate surface area is 99.2 Å². The highest BCUT2D eigenvalue weighted by Gasteiger charge is 2.41. The molecule has 3 heteroatoms. The van der Waals surface area contributed by atoms with Crippen molar-refractivity contribution in [2.75, 3.05) is 33.2 Å². The van der Waals surface area contributed by atoms with Crippen LogP contribution in [0.15, 0.2) is 0 Å². The Kier molecular flexibility index (Phi) is 3.57. The summed E-state index contributed by atoms with van der Waals surface area (Å²) in [6.07, 6.45) is 2.36. The van der Waals surface area contributed by atoms with Crippen LogP contribution in [-0.2, 0) is 0 Å². The molecule has 3 nitrogen and oxygen atoms in total. The summed E-state index contributed by atoms with van der Waals surface area (Å²) in [6.45, 7) is 8.66. The molecule has 2 aliphatic heterocycles. The number of hydrogen-bond donors (Lipinski definition) is 2. The van der Waals surface area contributed by atoms with Gasteiger partial charge in [-0.15, -0.1) is 0 Å². The van der Waals surface area contributed by atoms with E-state index in [-0.39, 0.29) is 11.5 Å². The molecule has 0 bridgehead atoms. The molecule has 16 heavy (non-hydrogen) atoms. The largest absolute Gasteiger partial charge is 0.392 e. The molecular formula is C13H26N2O. The minimum Gasteiger partial charge on any atom is -0.392 e. The maximum Gasteiger partial charge on any atom is 0.0646 e. The first-order valence-electron chi connectivity index (χ1n) is 6.58. The standard InChI is InChI=1S/C13H26N2O/c1-13(2)9-14-8-11(12(13)16)10-4-6-15(3)7-5-10/h10-12,14,16H,4-9H2,1-3H3. The fraction of sp³-hybridized carbons (Fsp3) is 1.00. The zero-order valence-corrected chi connectivity index (χ0v) is 10.9. The number of nitrogens with zero attached hydrogens (tertiary/aromatic N) is 1. The molecule has 2 N–H and O–H groups in total. The van der Waals surface area contributed by atoms with Crippen molar-refractivity contribution < 1.29 is 5.11 Å². The zero-order valence-electron chi connectivity index (χ0n) is 10.9. The Balaban J connectivity index is 1.98. The van der Waals surface area contributed by atoms with Crippen LogP contribution >= 0.6 is 0 Å². The number of aliphatic hydroxyl groups excluding tert-OH is 1. The van der Waals surface area contributed by atoms with E-state index >= 15 is 0 Å². The van der Waals surface area contributed by atoms with Gasteiger partial charge in [0.1, 0.15) is 0 Å². The Morgan fingerprint density at radius 1 is 1.25 bits per heavy atom. The first kappa shape index (κ1) is 12.3. The average molecular weight is 226 g/mol. The topological polar surface area (TPSA) is 35.5 Å². The van der Waals surface area contributed by atoms with E-state index in [1.165, 1.54) is 25.9 Å². The summed E-state index contributed by atoms with van der Waals surface area (Å²) in [7, 11) is 2.19. The molecule has 2 saturated heterocycles. The van der Waals surface area contributed by atoms with Crippen LogP contribution in [0, 0.1) is 17.3 Å². The van der Waals surface area contributed by atoms with Crippen LogP contribution in [0.5, 0.6) is 0 Å². The average Bonchev–Trinajstić information content (AvgIpc) is 2.24. The monoisotopic (exact) mass is 226 g/mol. The number of nitrogens with one attached hydrogen (secondary N) is 1. The normalized spacial score (nSPS) is 37.5. The Bertz CT molecular complexity index is 234. The van der Waals surface area contributed by atoms with Gasteiger partial charge in [-0.25, -0.2) is 0 Å². The number of aliphatic hydroxyl groups is 1. The van der Waals surface area contributed by atoms with E-state index in [9.17, 15) is 5.11 Å². The van der Waals surface area contributed by atoms with Gasteiger partial charge in [0.15, 0.2) is 0 Å². The third-order valence-corrected chi connectivity index (χ3v) is 4.54. The lowest BCUT2D eigenvalue weighted by Crippen LogP contribution is -2.55. The summed E-state index contributed by atoms with van der Waals surface area (Å²) in [5, 5.41) is 14.0. The molecule has 0 radical (unpaired) electrons. The summed E-state index contributed by atoms with van der Waals surface area (Å²) in [4.78, 5) is 2.39. The molecule has 2 aliphatic rings. The fourth-order valence-corrected chi connectivity index (χ4v) is 3.24. The highest BCUT2D eigenvalue weighted by atomic mass is 16.3. The van der Waals surface area contributed by atoms with Crippen LogP contribution in [0.2, 0.25) is 0 Å². The minimum absolute atomic E-state index is 0.0340. The molecule has 94 valence electrons. The van der Waals surface area contributed by atoms with Gasteiger partial charge in [0.2, 0.25) is 0 Å². The molecule has 0 aromatic rings. The van der Waals surface area contributed by atoms with Gasteiger partial charge in [0.05, 0.1) is 6.10 Å². The van der Waals surface area contributed by atoms with E-state index in [1.54, 1.807) is 0 Å². The molecule has 0 saturated carbocycles. The van der Waals surface area contributed by atoms with Crippen LogP contribution in [0.3, 0.4) is 0 Å². The van der Waals surface area contributed by atoms with Gasteiger partial charge in [-0.2, -0.15) is 0 Å². The SMILES string of the molecule is CN1CCC(C2CNCC(C)(C)C2O)CC1. The molecule has 0 spiro atoms. The second kappa shape index (κ2) is 4.63. The van der Waals surface area contributed by atoms with Crippen LogP contribution in [0.1, 0.15) is 26.7 Å². The van der Waals surface area contributed by atoms with Crippen LogP contribution in [0.25, 0.3) is 0 Å². The van der Waals surface area contributed by atoms with E-state index < -0.39 is 0 Å². The lowest BCUT2D eigenvalue weighted by atomic mass is 9.69. The molecule has 0 amide bonds. The minimum atomic E-state index is -0.137. The van der Waals surface area contributed by atoms with Gasteiger partial charge in [0.25, 0.3) is 0 Å². The van der Waals surface area contributed by atoms with E-state index in [0.29, 0.717) is 11.8 Å². The lowest BCUT2D eigenvalue weighted by molar-refractivity contribution is -0.0512. The fourth-order valence-electron chi connectivity index (χ4n) is 3.24. The first-order chi connectivity index (χ1) is 7.50. The van der Waals surface area contributed by atoms with Crippen molar-refractivity contribution in [3.63, 3.8) is 0 Å². The number of piperidine rings is 2. The van der Waals surface area contributed by atoms with Gasteiger partial charge in [-0.3, -0.25) is 0 Å². The van der Waals surface area contributed by atoms with Gasteiger partial charge < -0.3 is 15.3 Å². The third-order valence-electron chi connectivity index (χ3n) is 4.54. The Morgan fingerprint density at radius 2 is 1.88 bits per heavy atom. The maximum atomic E-state index is 10.5. The van der Waals surface area contributed by atoms with Crippen molar-refractivity contribution in [3.8, 4) is 0 Å². The predicted octanol–water partition coefficient (Wildman–Crippen LogP) is 0.935. The van der Waals surface area contributed by atoms with Crippen LogP contribution in [0.4, 0.5) is 0 Å². The van der Waals surface area contributed by atoms with Crippen molar-refractivity contribution in [1.29, 1.82) is 0 Å². The molecule has 2 unspecified atom stereocenters. The summed E-state index contributed by atoms with van der Waals surface area (Å²) >= 11 is 0. The van der Waals surface area contributed by atoms with Crippen LogP contribution in [-0.4, -0.2) is 49.3 Å². The lowest BCUT2D eigenvalue weighted by Gasteiger charge is -2.46. The quantitative estimate of drug-likeness (QED) is 0.698. The summed E-state index contributed by atoms with van der Waals surface area (Å²) < 4.78 is 0. The third kappa shape index (κ3) is 2.41. The van der Waals surface area contributed by atoms with Gasteiger partial charge in [0, 0.05) is 24.4 Å². The second-order valence-electron chi connectivity index (χ2n) is 6.37. The van der Waals surface area contributed by atoms with E-state index in [2.05, 4.69) is 31.1 Å². The highest BCUT2D eigenvalue weighted by Crippen LogP contribution is 2.36. The second-order valence-corrected chi connectivity index (χ2v) is 6.37. The molecule has 0 aromatic heterocycles. The van der Waals surface area contributed by atoms with Gasteiger partial charge in [-0.05, 0) is 38.9 Å². The van der Waals surface area contributed by atoms with Gasteiger partial charge >= 0.3 is 0 Å². The zero-order chi connectivity index (χ0) is 11.8. The summed E-state index contributed by atoms with van der Waals surface area (Å²) in [6, 6.07) is 0. The summed E-state index contributed by atoms with van der Waals surface area (Å²) in [5.41, 5.74) is 0.0340. The van der Waals surface area contributed by atoms with Crippen molar-refractivity contribution in [2.24, 2.45) is 17.3 Å². The van der Waals surface area contributed by atoms with Crippen LogP contribution < -0.4 is 5.32 Å². The number of rotatable bonds is 1. The smallest absolute Gasteiger partial charge is 0.0646 e. The highest BCUT2D eigenvalue weighted by molar-refractivity contribution is 4.94. The number of likely N-dealkylation sites (tertiary alicyclic amines) is 1. The summed E-state index contributed by atoms with van der Waals surface area (Å²) in [5.74, 6) is 1.16. The molecule has 2 heterocycles. The first-order valence-corrected chi connectivity index (χ1v) is 6.58. The van der Waals surface area contributed by atoms with E-state index in [4.69, 9.17) is 0 Å². The van der Waals surface area contributed by atoms with E-state index in [0.717, 1.165) is 13.1 Å². The van der Waals surface area contributed by atoms with Crippen molar-refractivity contribution in [3.05, 3.63) is 0 Å². The molecular weight excluding hydrogens is 200 g/mol. The molecule has 2 rings (SSSR count). The van der Waals surface area contributed by atoms with E-state index in [1.807, 2.05) is 0 Å². The molecule has 0 aromatic carbocycles. The van der Waals surface area contributed by atoms with Crippen molar-refractivity contribution >= 4 is 0 Å². The van der Waals surface area contributed by atoms with Crippen molar-refractivity contribution in [2.45, 2.75) is 32.8 Å². The Hall–Kier alpha value is -0.120. The maximum absolute atomic E-state index is 10.5. The van der Waals surface area contributed by atoms with Crippen molar-refractivity contribution in [1.82, 2.24) is 10.2 Å². The van der Waals surface area contributed by atoms with Gasteiger partial charge in [-0.1, -0.05) is 13.8 Å². The molecule has 0 aliphatic carbocycles. The Morgan fingerprint density at radius 3 is 2.50 bits per heavy atom.